The van der Waals surface area contributed by atoms with Gasteiger partial charge in [0, 0.05) is 43.5 Å². The summed E-state index contributed by atoms with van der Waals surface area (Å²) in [6, 6.07) is 7.34. The van der Waals surface area contributed by atoms with Crippen molar-refractivity contribution in [2.24, 2.45) is 5.92 Å². The van der Waals surface area contributed by atoms with Crippen LogP contribution >= 0.6 is 0 Å². The molecule has 1 aliphatic carbocycles. The van der Waals surface area contributed by atoms with Crippen LogP contribution in [0.1, 0.15) is 33.6 Å². The van der Waals surface area contributed by atoms with Crippen LogP contribution in [0.15, 0.2) is 24.3 Å². The molecule has 1 aliphatic heterocycles. The molecule has 2 aliphatic rings. The van der Waals surface area contributed by atoms with Crippen molar-refractivity contribution in [3.05, 3.63) is 24.3 Å². The Morgan fingerprint density at radius 3 is 2.07 bits per heavy atom. The average molecular weight is 402 g/mol. The van der Waals surface area contributed by atoms with Crippen molar-refractivity contribution in [3.8, 4) is 0 Å². The summed E-state index contributed by atoms with van der Waals surface area (Å²) < 4.78 is 5.37. The third-order valence-electron chi connectivity index (χ3n) is 4.83. The first-order valence-electron chi connectivity index (χ1n) is 10.1. The van der Waals surface area contributed by atoms with Crippen molar-refractivity contribution in [2.75, 3.05) is 43.4 Å². The fourth-order valence-corrected chi connectivity index (χ4v) is 3.02. The minimum atomic E-state index is -0.524. The number of ether oxygens (including phenoxy) is 1. The van der Waals surface area contributed by atoms with E-state index in [4.69, 9.17) is 4.74 Å². The largest absolute Gasteiger partial charge is 0.444 e. The van der Waals surface area contributed by atoms with E-state index in [0.29, 0.717) is 26.2 Å². The lowest BCUT2D eigenvalue weighted by Crippen LogP contribution is -2.52. The highest BCUT2D eigenvalue weighted by Gasteiger charge is 2.29. The fourth-order valence-electron chi connectivity index (χ4n) is 3.02. The maximum absolute atomic E-state index is 12.4. The van der Waals surface area contributed by atoms with Gasteiger partial charge < -0.3 is 25.2 Å². The Morgan fingerprint density at radius 1 is 0.966 bits per heavy atom. The van der Waals surface area contributed by atoms with Crippen LogP contribution in [0.25, 0.3) is 0 Å². The van der Waals surface area contributed by atoms with Gasteiger partial charge in [-0.05, 0) is 57.9 Å². The van der Waals surface area contributed by atoms with E-state index < -0.39 is 5.60 Å². The average Bonchev–Trinajstić information content (AvgIpc) is 3.51. The Balaban J connectivity index is 1.39. The first kappa shape index (κ1) is 21.0. The molecule has 0 unspecified atom stereocenters. The molecule has 1 saturated heterocycles. The van der Waals surface area contributed by atoms with Crippen LogP contribution in [0.5, 0.6) is 0 Å². The maximum atomic E-state index is 12.4. The van der Waals surface area contributed by atoms with E-state index >= 15 is 0 Å². The van der Waals surface area contributed by atoms with E-state index in [1.54, 1.807) is 9.80 Å². The molecule has 2 fully saturated rings. The Kier molecular flexibility index (Phi) is 6.30. The lowest BCUT2D eigenvalue weighted by atomic mass is 10.2. The Bertz CT molecular complexity index is 745. The van der Waals surface area contributed by atoms with Gasteiger partial charge in [-0.3, -0.25) is 9.59 Å². The van der Waals surface area contributed by atoms with Crippen LogP contribution < -0.4 is 10.6 Å². The zero-order valence-electron chi connectivity index (χ0n) is 17.4. The number of carbonyl (C=O) groups is 3. The van der Waals surface area contributed by atoms with E-state index in [1.165, 1.54) is 0 Å². The van der Waals surface area contributed by atoms with Gasteiger partial charge in [-0.25, -0.2) is 4.79 Å². The maximum Gasteiger partial charge on any atom is 0.410 e. The van der Waals surface area contributed by atoms with Crippen molar-refractivity contribution in [2.45, 2.75) is 39.2 Å². The fraction of sp³-hybridized carbons (Fsp3) is 0.571. The molecule has 0 aromatic heterocycles. The molecule has 8 nitrogen and oxygen atoms in total. The number of anilines is 2. The normalized spacial score (nSPS) is 16.9. The van der Waals surface area contributed by atoms with Gasteiger partial charge in [-0.15, -0.1) is 0 Å². The summed E-state index contributed by atoms with van der Waals surface area (Å²) in [6.07, 6.45) is 1.61. The number of hydrogen-bond acceptors (Lipinski definition) is 5. The molecule has 29 heavy (non-hydrogen) atoms. The van der Waals surface area contributed by atoms with E-state index in [1.807, 2.05) is 45.0 Å². The third-order valence-corrected chi connectivity index (χ3v) is 4.83. The molecule has 0 radical (unpaired) electrons. The van der Waals surface area contributed by atoms with Gasteiger partial charge in [-0.2, -0.15) is 0 Å². The van der Waals surface area contributed by atoms with Crippen molar-refractivity contribution >= 4 is 29.3 Å². The van der Waals surface area contributed by atoms with Gasteiger partial charge in [0.2, 0.25) is 11.8 Å². The molecule has 0 atom stereocenters. The number of nitrogens with zero attached hydrogens (tertiary/aromatic N) is 2. The van der Waals surface area contributed by atoms with Crippen molar-refractivity contribution < 1.29 is 19.1 Å². The van der Waals surface area contributed by atoms with E-state index in [9.17, 15) is 14.4 Å². The lowest BCUT2D eigenvalue weighted by Gasteiger charge is -2.35. The lowest BCUT2D eigenvalue weighted by molar-refractivity contribution is -0.131. The number of nitrogens with one attached hydrogen (secondary N) is 2. The van der Waals surface area contributed by atoms with Crippen LogP contribution in [0.4, 0.5) is 16.2 Å². The monoisotopic (exact) mass is 402 g/mol. The highest BCUT2D eigenvalue weighted by Crippen LogP contribution is 2.30. The first-order chi connectivity index (χ1) is 13.7. The van der Waals surface area contributed by atoms with E-state index in [0.717, 1.165) is 24.2 Å². The minimum Gasteiger partial charge on any atom is -0.444 e. The van der Waals surface area contributed by atoms with Gasteiger partial charge in [0.05, 0.1) is 6.54 Å². The quantitative estimate of drug-likeness (QED) is 0.790. The molecular formula is C21H30N4O4. The second kappa shape index (κ2) is 8.71. The SMILES string of the molecule is CC(C)(C)OC(=O)N1CCN(C(=O)CNc2ccc(NC(=O)C3CC3)cc2)CC1. The first-order valence-corrected chi connectivity index (χ1v) is 10.1. The minimum absolute atomic E-state index is 0.0139. The van der Waals surface area contributed by atoms with Crippen LogP contribution in [0.2, 0.25) is 0 Å². The number of benzene rings is 1. The zero-order chi connectivity index (χ0) is 21.0. The predicted octanol–water partition coefficient (Wildman–Crippen LogP) is 2.53. The Labute approximate surface area is 171 Å². The standard InChI is InChI=1S/C21H30N4O4/c1-21(2,3)29-20(28)25-12-10-24(11-13-25)18(26)14-22-16-6-8-17(9-7-16)23-19(27)15-4-5-15/h6-9,15,22H,4-5,10-14H2,1-3H3,(H,23,27). The molecule has 3 amide bonds. The number of amides is 3. The van der Waals surface area contributed by atoms with Crippen LogP contribution in [0.3, 0.4) is 0 Å². The molecule has 1 heterocycles. The Morgan fingerprint density at radius 2 is 1.52 bits per heavy atom. The molecule has 3 rings (SSSR count). The van der Waals surface area contributed by atoms with Gasteiger partial charge in [0.1, 0.15) is 5.60 Å². The van der Waals surface area contributed by atoms with Gasteiger partial charge >= 0.3 is 6.09 Å². The summed E-state index contributed by atoms with van der Waals surface area (Å²) in [4.78, 5) is 39.7. The summed E-state index contributed by atoms with van der Waals surface area (Å²) in [6.45, 7) is 7.61. The zero-order valence-corrected chi connectivity index (χ0v) is 17.4. The van der Waals surface area contributed by atoms with Crippen LogP contribution in [-0.2, 0) is 14.3 Å². The summed E-state index contributed by atoms with van der Waals surface area (Å²) >= 11 is 0. The molecule has 0 spiro atoms. The molecular weight excluding hydrogens is 372 g/mol. The number of rotatable bonds is 5. The predicted molar refractivity (Wildman–Crippen MR) is 111 cm³/mol. The summed E-state index contributed by atoms with van der Waals surface area (Å²) in [5.41, 5.74) is 1.05. The highest BCUT2D eigenvalue weighted by molar-refractivity contribution is 5.94. The number of piperazine rings is 1. The van der Waals surface area contributed by atoms with Crippen molar-refractivity contribution in [1.29, 1.82) is 0 Å². The van der Waals surface area contributed by atoms with Crippen LogP contribution in [-0.4, -0.2) is 66.0 Å². The van der Waals surface area contributed by atoms with E-state index in [2.05, 4.69) is 10.6 Å². The molecule has 1 aromatic carbocycles. The van der Waals surface area contributed by atoms with Gasteiger partial charge in [-0.1, -0.05) is 0 Å². The molecule has 0 bridgehead atoms. The molecule has 2 N–H and O–H groups in total. The summed E-state index contributed by atoms with van der Waals surface area (Å²) in [7, 11) is 0. The second-order valence-electron chi connectivity index (χ2n) is 8.54. The molecule has 158 valence electrons. The van der Waals surface area contributed by atoms with E-state index in [-0.39, 0.29) is 30.4 Å². The smallest absolute Gasteiger partial charge is 0.410 e. The third kappa shape index (κ3) is 6.37. The highest BCUT2D eigenvalue weighted by atomic mass is 16.6. The van der Waals surface area contributed by atoms with Gasteiger partial charge in [0.25, 0.3) is 0 Å². The summed E-state index contributed by atoms with van der Waals surface area (Å²) in [5, 5.41) is 6.00. The van der Waals surface area contributed by atoms with Crippen LogP contribution in [0, 0.1) is 5.92 Å². The number of carbonyl (C=O) groups excluding carboxylic acids is 3. The topological polar surface area (TPSA) is 91.0 Å². The second-order valence-corrected chi connectivity index (χ2v) is 8.54. The van der Waals surface area contributed by atoms with Crippen molar-refractivity contribution in [1.82, 2.24) is 9.80 Å². The summed E-state index contributed by atoms with van der Waals surface area (Å²) in [5.74, 6) is 0.229. The number of hydrogen-bond donors (Lipinski definition) is 2. The Hall–Kier alpha value is -2.77. The van der Waals surface area contributed by atoms with Crippen molar-refractivity contribution in [3.63, 3.8) is 0 Å². The molecule has 1 aromatic rings. The van der Waals surface area contributed by atoms with Gasteiger partial charge in [0.15, 0.2) is 0 Å². The molecule has 1 saturated carbocycles. The molecule has 8 heteroatoms.